The molecule has 0 bridgehead atoms. The average molecular weight is 401 g/mol. The van der Waals surface area contributed by atoms with Crippen LogP contribution in [0.4, 0.5) is 0 Å². The molecular weight excluding hydrogens is 378 g/mol. The van der Waals surface area contributed by atoms with Crippen LogP contribution in [-0.2, 0) is 27.4 Å². The van der Waals surface area contributed by atoms with Gasteiger partial charge >= 0.3 is 5.97 Å². The Kier molecular flexibility index (Phi) is 5.75. The van der Waals surface area contributed by atoms with Crippen molar-refractivity contribution < 1.29 is 14.3 Å². The summed E-state index contributed by atoms with van der Waals surface area (Å²) >= 11 is 0. The first-order valence-corrected chi connectivity index (χ1v) is 9.93. The van der Waals surface area contributed by atoms with Gasteiger partial charge in [0.1, 0.15) is 12.3 Å². The maximum Gasteiger partial charge on any atom is 0.310 e. The van der Waals surface area contributed by atoms with Crippen LogP contribution in [0.25, 0.3) is 16.6 Å². The van der Waals surface area contributed by atoms with E-state index in [-0.39, 0.29) is 24.9 Å². The topological polar surface area (TPSA) is 75.3 Å². The van der Waals surface area contributed by atoms with E-state index < -0.39 is 0 Å². The Morgan fingerprint density at radius 1 is 1.23 bits per heavy atom. The monoisotopic (exact) mass is 401 g/mol. The van der Waals surface area contributed by atoms with Gasteiger partial charge in [0.05, 0.1) is 6.42 Å². The normalized spacial score (nSPS) is 13.7. The summed E-state index contributed by atoms with van der Waals surface area (Å²) in [6, 6.07) is 11.6. The average Bonchev–Trinajstić information content (AvgIpc) is 3.21. The number of carbonyl (C=O) groups excluding carboxylic acids is 2. The molecule has 30 heavy (non-hydrogen) atoms. The summed E-state index contributed by atoms with van der Waals surface area (Å²) in [6.07, 6.45) is 8.72. The second-order valence-electron chi connectivity index (χ2n) is 7.26. The quantitative estimate of drug-likeness (QED) is 0.500. The molecule has 0 unspecified atom stereocenters. The fourth-order valence-corrected chi connectivity index (χ4v) is 3.62. The highest BCUT2D eigenvalue weighted by molar-refractivity contribution is 5.94. The summed E-state index contributed by atoms with van der Waals surface area (Å²) in [7, 11) is 0. The number of nitrogens with zero attached hydrogens (tertiary/aromatic N) is 2. The van der Waals surface area contributed by atoms with Crippen LogP contribution in [0.15, 0.2) is 67.6 Å². The van der Waals surface area contributed by atoms with Gasteiger partial charge in [0, 0.05) is 36.1 Å². The Balaban J connectivity index is 1.51. The second kappa shape index (κ2) is 8.78. The van der Waals surface area contributed by atoms with Gasteiger partial charge in [-0.25, -0.2) is 4.98 Å². The molecule has 3 heterocycles. The maximum absolute atomic E-state index is 12.3. The summed E-state index contributed by atoms with van der Waals surface area (Å²) in [5.74, 6) is -0.399. The minimum absolute atomic E-state index is 0.105. The first kappa shape index (κ1) is 19.6. The minimum atomic E-state index is -0.295. The van der Waals surface area contributed by atoms with Gasteiger partial charge in [0.2, 0.25) is 5.91 Å². The lowest BCUT2D eigenvalue weighted by molar-refractivity contribution is -0.144. The van der Waals surface area contributed by atoms with E-state index in [1.54, 1.807) is 11.1 Å². The highest BCUT2D eigenvalue weighted by Crippen LogP contribution is 2.30. The molecule has 152 valence electrons. The Bertz CT molecular complexity index is 1120. The van der Waals surface area contributed by atoms with Gasteiger partial charge in [-0.3, -0.25) is 9.59 Å². The Hall–Kier alpha value is -3.67. The molecule has 0 spiro atoms. The third kappa shape index (κ3) is 4.33. The summed E-state index contributed by atoms with van der Waals surface area (Å²) in [5.41, 5.74) is 4.55. The number of esters is 1. The van der Waals surface area contributed by atoms with Gasteiger partial charge in [-0.15, -0.1) is 0 Å². The standard InChI is InChI=1S/C24H23N3O3/c1-2-22(28)27-10-6-9-19(15-27)21-14-26-24-20(21)11-18(13-25-24)12-23(29)30-16-17-7-4-3-5-8-17/h2-5,7-8,11,13-15H,1,6,9-10,12,16H2,(H,25,26). The van der Waals surface area contributed by atoms with Crippen LogP contribution < -0.4 is 0 Å². The molecule has 1 amide bonds. The van der Waals surface area contributed by atoms with E-state index in [0.717, 1.165) is 46.1 Å². The summed E-state index contributed by atoms with van der Waals surface area (Å²) in [4.78, 5) is 33.6. The molecule has 0 radical (unpaired) electrons. The van der Waals surface area contributed by atoms with Crippen molar-refractivity contribution in [1.82, 2.24) is 14.9 Å². The van der Waals surface area contributed by atoms with Gasteiger partial charge in [-0.05, 0) is 41.7 Å². The molecule has 1 aromatic carbocycles. The van der Waals surface area contributed by atoms with Gasteiger partial charge in [-0.2, -0.15) is 0 Å². The van der Waals surface area contributed by atoms with E-state index in [0.29, 0.717) is 6.54 Å². The summed E-state index contributed by atoms with van der Waals surface area (Å²) in [5, 5.41) is 0.933. The van der Waals surface area contributed by atoms with Crippen LogP contribution in [0.5, 0.6) is 0 Å². The molecule has 2 aromatic heterocycles. The van der Waals surface area contributed by atoms with Gasteiger partial charge in [0.25, 0.3) is 0 Å². The van der Waals surface area contributed by atoms with Crippen molar-refractivity contribution in [2.24, 2.45) is 0 Å². The zero-order chi connectivity index (χ0) is 20.9. The first-order valence-electron chi connectivity index (χ1n) is 9.93. The van der Waals surface area contributed by atoms with Gasteiger partial charge in [-0.1, -0.05) is 36.9 Å². The number of aromatic nitrogens is 2. The van der Waals surface area contributed by atoms with E-state index in [4.69, 9.17) is 4.74 Å². The molecule has 1 aliphatic rings. The number of aromatic amines is 1. The largest absolute Gasteiger partial charge is 0.461 e. The molecule has 0 saturated heterocycles. The van der Waals surface area contributed by atoms with Gasteiger partial charge < -0.3 is 14.6 Å². The van der Waals surface area contributed by atoms with E-state index in [1.807, 2.05) is 48.8 Å². The summed E-state index contributed by atoms with van der Waals surface area (Å²) < 4.78 is 5.39. The molecule has 0 fully saturated rings. The van der Waals surface area contributed by atoms with Crippen molar-refractivity contribution >= 4 is 28.5 Å². The van der Waals surface area contributed by atoms with E-state index in [9.17, 15) is 9.59 Å². The van der Waals surface area contributed by atoms with Crippen molar-refractivity contribution in [2.75, 3.05) is 6.54 Å². The molecule has 0 atom stereocenters. The van der Waals surface area contributed by atoms with E-state index >= 15 is 0 Å². The number of ether oxygens (including phenoxy) is 1. The molecule has 1 N–H and O–H groups in total. The number of hydrogen-bond acceptors (Lipinski definition) is 4. The zero-order valence-electron chi connectivity index (χ0n) is 16.6. The fraction of sp³-hybridized carbons (Fsp3) is 0.208. The predicted molar refractivity (Wildman–Crippen MR) is 115 cm³/mol. The summed E-state index contributed by atoms with van der Waals surface area (Å²) in [6.45, 7) is 4.51. The van der Waals surface area contributed by atoms with E-state index in [2.05, 4.69) is 16.5 Å². The number of fused-ring (bicyclic) bond motifs is 1. The molecule has 0 aliphatic carbocycles. The van der Waals surface area contributed by atoms with Crippen LogP contribution in [-0.4, -0.2) is 33.3 Å². The maximum atomic E-state index is 12.3. The molecule has 0 saturated carbocycles. The number of pyridine rings is 1. The van der Waals surface area contributed by atoms with Crippen molar-refractivity contribution in [1.29, 1.82) is 0 Å². The zero-order valence-corrected chi connectivity index (χ0v) is 16.6. The molecule has 6 heteroatoms. The lowest BCUT2D eigenvalue weighted by atomic mass is 9.98. The van der Waals surface area contributed by atoms with Crippen LogP contribution in [0, 0.1) is 0 Å². The van der Waals surface area contributed by atoms with Crippen molar-refractivity contribution in [3.05, 3.63) is 84.3 Å². The Morgan fingerprint density at radius 2 is 2.07 bits per heavy atom. The Morgan fingerprint density at radius 3 is 2.87 bits per heavy atom. The van der Waals surface area contributed by atoms with Crippen molar-refractivity contribution in [2.45, 2.75) is 25.9 Å². The van der Waals surface area contributed by atoms with Crippen molar-refractivity contribution in [3.63, 3.8) is 0 Å². The van der Waals surface area contributed by atoms with Crippen LogP contribution in [0.1, 0.15) is 29.5 Å². The van der Waals surface area contributed by atoms with Crippen LogP contribution in [0.2, 0.25) is 0 Å². The fourth-order valence-electron chi connectivity index (χ4n) is 3.62. The highest BCUT2D eigenvalue weighted by Gasteiger charge is 2.18. The minimum Gasteiger partial charge on any atom is -0.461 e. The molecule has 1 aliphatic heterocycles. The second-order valence-corrected chi connectivity index (χ2v) is 7.26. The lowest BCUT2D eigenvalue weighted by Crippen LogP contribution is -2.27. The molecule has 3 aromatic rings. The van der Waals surface area contributed by atoms with Crippen LogP contribution in [0.3, 0.4) is 0 Å². The molecule has 6 nitrogen and oxygen atoms in total. The predicted octanol–water partition coefficient (Wildman–Crippen LogP) is 4.00. The molecular formula is C24H23N3O3. The number of carbonyl (C=O) groups is 2. The number of hydrogen-bond donors (Lipinski definition) is 1. The van der Waals surface area contributed by atoms with Gasteiger partial charge in [0.15, 0.2) is 0 Å². The first-order chi connectivity index (χ1) is 14.6. The number of benzene rings is 1. The SMILES string of the molecule is C=CC(=O)N1C=C(c2c[nH]c3ncc(CC(=O)OCc4ccccc4)cc23)CCC1. The van der Waals surface area contributed by atoms with Crippen LogP contribution >= 0.6 is 0 Å². The van der Waals surface area contributed by atoms with E-state index in [1.165, 1.54) is 6.08 Å². The molecule has 4 rings (SSSR count). The number of nitrogens with one attached hydrogen (secondary N) is 1. The highest BCUT2D eigenvalue weighted by atomic mass is 16.5. The number of allylic oxidation sites excluding steroid dienone is 1. The number of H-pyrrole nitrogens is 1. The van der Waals surface area contributed by atoms with Crippen molar-refractivity contribution in [3.8, 4) is 0 Å². The smallest absolute Gasteiger partial charge is 0.310 e. The third-order valence-electron chi connectivity index (χ3n) is 5.14. The number of rotatable bonds is 6. The number of amides is 1. The lowest BCUT2D eigenvalue weighted by Gasteiger charge is -2.23. The Labute approximate surface area is 174 Å². The third-order valence-corrected chi connectivity index (χ3v) is 5.14.